The Kier molecular flexibility index (Phi) is 3.99. The van der Waals surface area contributed by atoms with Gasteiger partial charge in [0.15, 0.2) is 5.69 Å². The van der Waals surface area contributed by atoms with Gasteiger partial charge in [-0.15, -0.1) is 5.10 Å². The summed E-state index contributed by atoms with van der Waals surface area (Å²) >= 11 is 0. The Balaban J connectivity index is 1.34. The first kappa shape index (κ1) is 15.7. The average Bonchev–Trinajstić information content (AvgIpc) is 3.23. The summed E-state index contributed by atoms with van der Waals surface area (Å²) in [5.74, 6) is 1.19. The molecule has 1 aromatic carbocycles. The molecule has 3 aliphatic rings. The largest absolute Gasteiger partial charge is 0.337 e. The number of fused-ring (bicyclic) bond motifs is 4. The van der Waals surface area contributed by atoms with Gasteiger partial charge in [0.25, 0.3) is 0 Å². The molecule has 3 unspecified atom stereocenters. The lowest BCUT2D eigenvalue weighted by atomic mass is 10.2. The fraction of sp³-hybridized carbons (Fsp3) is 0.444. The van der Waals surface area contributed by atoms with E-state index in [9.17, 15) is 0 Å². The summed E-state index contributed by atoms with van der Waals surface area (Å²) in [6, 6.07) is 10.4. The predicted molar refractivity (Wildman–Crippen MR) is 94.2 cm³/mol. The van der Waals surface area contributed by atoms with Gasteiger partial charge in [0.2, 0.25) is 11.7 Å². The van der Waals surface area contributed by atoms with E-state index in [0.29, 0.717) is 24.0 Å². The van der Waals surface area contributed by atoms with Gasteiger partial charge in [-0.3, -0.25) is 9.80 Å². The van der Waals surface area contributed by atoms with Crippen molar-refractivity contribution in [3.63, 3.8) is 0 Å². The Hall–Kier alpha value is -2.58. The molecule has 8 nitrogen and oxygen atoms in total. The summed E-state index contributed by atoms with van der Waals surface area (Å²) in [4.78, 5) is 9.55. The second kappa shape index (κ2) is 6.62. The van der Waals surface area contributed by atoms with Gasteiger partial charge < -0.3 is 4.52 Å². The lowest BCUT2D eigenvalue weighted by Gasteiger charge is -2.35. The van der Waals surface area contributed by atoms with Crippen LogP contribution in [0, 0.1) is 0 Å². The van der Waals surface area contributed by atoms with Crippen LogP contribution in [0.3, 0.4) is 0 Å². The van der Waals surface area contributed by atoms with Crippen LogP contribution < -0.4 is 0 Å². The van der Waals surface area contributed by atoms with Gasteiger partial charge in [-0.1, -0.05) is 40.7 Å². The minimum Gasteiger partial charge on any atom is -0.337 e. The molecule has 3 aromatic rings. The summed E-state index contributed by atoms with van der Waals surface area (Å²) in [5, 5.41) is 12.5. The van der Waals surface area contributed by atoms with Gasteiger partial charge in [-0.05, 0) is 18.5 Å². The molecular weight excluding hydrogens is 330 g/mol. The molecule has 3 atom stereocenters. The van der Waals surface area contributed by atoms with Crippen LogP contribution in [0.1, 0.15) is 23.9 Å². The van der Waals surface area contributed by atoms with Crippen LogP contribution in [0.15, 0.2) is 41.1 Å². The van der Waals surface area contributed by atoms with Crippen molar-refractivity contribution in [3.05, 3.63) is 48.0 Å². The van der Waals surface area contributed by atoms with Crippen molar-refractivity contribution in [2.24, 2.45) is 0 Å². The number of hydrogen-bond donors (Lipinski definition) is 0. The maximum absolute atomic E-state index is 5.59. The molecule has 5 heterocycles. The first-order chi connectivity index (χ1) is 12.8. The number of rotatable bonds is 4. The fourth-order valence-corrected chi connectivity index (χ4v) is 3.80. The Bertz CT molecular complexity index is 871. The molecular formula is C18H21N7O. The van der Waals surface area contributed by atoms with Gasteiger partial charge in [-0.2, -0.15) is 4.98 Å². The van der Waals surface area contributed by atoms with E-state index in [2.05, 4.69) is 42.4 Å². The van der Waals surface area contributed by atoms with Crippen LogP contribution >= 0.6 is 0 Å². The van der Waals surface area contributed by atoms with E-state index in [1.807, 2.05) is 24.4 Å². The minimum absolute atomic E-state index is 0.187. The van der Waals surface area contributed by atoms with E-state index in [1.54, 1.807) is 4.68 Å². The Labute approximate surface area is 151 Å². The Morgan fingerprint density at radius 2 is 2.00 bits per heavy atom. The van der Waals surface area contributed by atoms with Crippen molar-refractivity contribution in [3.8, 4) is 11.5 Å². The maximum Gasteiger partial charge on any atom is 0.245 e. The number of piperazine rings is 1. The molecule has 3 fully saturated rings. The number of nitrogens with zero attached hydrogens (tertiary/aromatic N) is 7. The zero-order chi connectivity index (χ0) is 17.3. The van der Waals surface area contributed by atoms with E-state index in [-0.39, 0.29) is 6.04 Å². The van der Waals surface area contributed by atoms with Crippen molar-refractivity contribution >= 4 is 0 Å². The molecule has 0 aliphatic carbocycles. The standard InChI is InChI=1S/C18H21N7O/c1-2-5-14(6-3-1)11-25-12-15(20-22-25)17-19-18(26-21-17)16-13-23-7-4-8-24(16)10-9-23/h1-3,5-6,12,16H,4,7-11,13H2. The van der Waals surface area contributed by atoms with Crippen LogP contribution in [0.2, 0.25) is 0 Å². The van der Waals surface area contributed by atoms with Crippen molar-refractivity contribution in [2.75, 3.05) is 32.7 Å². The molecule has 8 heteroatoms. The van der Waals surface area contributed by atoms with E-state index < -0.39 is 0 Å². The topological polar surface area (TPSA) is 76.1 Å². The second-order valence-corrected chi connectivity index (χ2v) is 6.95. The molecule has 2 bridgehead atoms. The first-order valence-corrected chi connectivity index (χ1v) is 9.09. The van der Waals surface area contributed by atoms with E-state index >= 15 is 0 Å². The zero-order valence-corrected chi connectivity index (χ0v) is 14.5. The van der Waals surface area contributed by atoms with Crippen molar-refractivity contribution in [2.45, 2.75) is 19.0 Å². The van der Waals surface area contributed by atoms with Crippen molar-refractivity contribution < 1.29 is 4.52 Å². The third-order valence-electron chi connectivity index (χ3n) is 5.18. The molecule has 0 saturated carbocycles. The van der Waals surface area contributed by atoms with Gasteiger partial charge in [0, 0.05) is 26.2 Å². The monoisotopic (exact) mass is 351 g/mol. The Morgan fingerprint density at radius 3 is 2.92 bits per heavy atom. The SMILES string of the molecule is c1ccc(Cn2cc(-c3noc(C4CN5CCCN4CC5)n3)nn2)cc1. The normalized spacial score (nSPS) is 25.3. The fourth-order valence-electron chi connectivity index (χ4n) is 3.80. The van der Waals surface area contributed by atoms with Crippen molar-refractivity contribution in [1.82, 2.24) is 34.9 Å². The summed E-state index contributed by atoms with van der Waals surface area (Å²) in [6.07, 6.45) is 3.07. The molecule has 0 amide bonds. The quantitative estimate of drug-likeness (QED) is 0.704. The van der Waals surface area contributed by atoms with E-state index in [1.165, 1.54) is 12.0 Å². The van der Waals surface area contributed by atoms with Crippen molar-refractivity contribution in [1.29, 1.82) is 0 Å². The van der Waals surface area contributed by atoms with Crippen LogP contribution in [0.25, 0.3) is 11.5 Å². The highest BCUT2D eigenvalue weighted by atomic mass is 16.5. The minimum atomic E-state index is 0.187. The first-order valence-electron chi connectivity index (χ1n) is 9.09. The molecule has 3 aliphatic heterocycles. The number of aromatic nitrogens is 5. The van der Waals surface area contributed by atoms with Gasteiger partial charge in [0.05, 0.1) is 12.7 Å². The molecule has 134 valence electrons. The summed E-state index contributed by atoms with van der Waals surface area (Å²) < 4.78 is 7.38. The zero-order valence-electron chi connectivity index (χ0n) is 14.5. The molecule has 6 rings (SSSR count). The lowest BCUT2D eigenvalue weighted by molar-refractivity contribution is 0.0912. The predicted octanol–water partition coefficient (Wildman–Crippen LogP) is 1.44. The molecule has 2 aromatic heterocycles. The summed E-state index contributed by atoms with van der Waals surface area (Å²) in [5.41, 5.74) is 1.82. The highest BCUT2D eigenvalue weighted by molar-refractivity contribution is 5.45. The molecule has 0 spiro atoms. The van der Waals surface area contributed by atoms with Crippen LogP contribution in [-0.2, 0) is 6.54 Å². The highest BCUT2D eigenvalue weighted by Crippen LogP contribution is 2.28. The third-order valence-corrected chi connectivity index (χ3v) is 5.18. The van der Waals surface area contributed by atoms with Crippen LogP contribution in [-0.4, -0.2) is 67.7 Å². The maximum atomic E-state index is 5.59. The molecule has 0 N–H and O–H groups in total. The van der Waals surface area contributed by atoms with Crippen LogP contribution in [0.5, 0.6) is 0 Å². The third kappa shape index (κ3) is 3.02. The Morgan fingerprint density at radius 1 is 1.08 bits per heavy atom. The smallest absolute Gasteiger partial charge is 0.245 e. The van der Waals surface area contributed by atoms with Gasteiger partial charge >= 0.3 is 0 Å². The number of hydrogen-bond acceptors (Lipinski definition) is 7. The average molecular weight is 351 g/mol. The second-order valence-electron chi connectivity index (χ2n) is 6.95. The van der Waals surface area contributed by atoms with E-state index in [0.717, 1.165) is 32.7 Å². The molecule has 3 saturated heterocycles. The summed E-state index contributed by atoms with van der Waals surface area (Å²) in [6.45, 7) is 6.07. The van der Waals surface area contributed by atoms with Gasteiger partial charge in [0.1, 0.15) is 6.04 Å². The molecule has 26 heavy (non-hydrogen) atoms. The van der Waals surface area contributed by atoms with Crippen LogP contribution in [0.4, 0.5) is 0 Å². The summed E-state index contributed by atoms with van der Waals surface area (Å²) in [7, 11) is 0. The number of benzene rings is 1. The highest BCUT2D eigenvalue weighted by Gasteiger charge is 2.34. The van der Waals surface area contributed by atoms with Gasteiger partial charge in [-0.25, -0.2) is 4.68 Å². The molecule has 0 radical (unpaired) electrons. The van der Waals surface area contributed by atoms with E-state index in [4.69, 9.17) is 4.52 Å². The lowest BCUT2D eigenvalue weighted by Crippen LogP contribution is -2.44.